The third kappa shape index (κ3) is 8.20. The molecule has 0 aromatic heterocycles. The van der Waals surface area contributed by atoms with E-state index in [1.807, 2.05) is 0 Å². The van der Waals surface area contributed by atoms with Gasteiger partial charge in [-0.3, -0.25) is 19.2 Å². The number of carbonyl (C=O) groups excluding carboxylic acids is 4. The molecule has 0 saturated heterocycles. The summed E-state index contributed by atoms with van der Waals surface area (Å²) in [7, 11) is 0. The molecule has 1 saturated carbocycles. The molecule has 0 spiro atoms. The van der Waals surface area contributed by atoms with Crippen molar-refractivity contribution < 1.29 is 23.9 Å². The molecule has 0 bridgehead atoms. The second kappa shape index (κ2) is 11.8. The molecule has 3 amide bonds. The maximum absolute atomic E-state index is 12.0. The van der Waals surface area contributed by atoms with Crippen LogP contribution in [0.2, 0.25) is 10.0 Å². The Morgan fingerprint density at radius 3 is 2.37 bits per heavy atom. The molecule has 30 heavy (non-hydrogen) atoms. The molecule has 1 aromatic rings. The van der Waals surface area contributed by atoms with E-state index < -0.39 is 30.9 Å². The maximum Gasteiger partial charge on any atom is 0.325 e. The summed E-state index contributed by atoms with van der Waals surface area (Å²) in [6, 6.07) is 4.47. The predicted octanol–water partition coefficient (Wildman–Crippen LogP) is 2.08. The molecule has 0 unspecified atom stereocenters. The van der Waals surface area contributed by atoms with Crippen LogP contribution in [-0.4, -0.2) is 49.4 Å². The van der Waals surface area contributed by atoms with Crippen molar-refractivity contribution in [1.29, 1.82) is 0 Å². The fourth-order valence-electron chi connectivity index (χ4n) is 3.03. The predicted molar refractivity (Wildman–Crippen MR) is 112 cm³/mol. The molecular formula is C20H25Cl2N3O5. The zero-order valence-corrected chi connectivity index (χ0v) is 18.1. The topological polar surface area (TPSA) is 114 Å². The van der Waals surface area contributed by atoms with Crippen LogP contribution in [-0.2, 0) is 19.1 Å². The molecule has 1 aliphatic carbocycles. The summed E-state index contributed by atoms with van der Waals surface area (Å²) < 4.78 is 4.86. The summed E-state index contributed by atoms with van der Waals surface area (Å²) in [6.07, 6.45) is 3.97. The Labute approximate surface area is 185 Å². The maximum atomic E-state index is 12.0. The summed E-state index contributed by atoms with van der Waals surface area (Å²) in [5.41, 5.74) is 0.173. The number of esters is 1. The van der Waals surface area contributed by atoms with Gasteiger partial charge in [-0.15, -0.1) is 0 Å². The first-order valence-corrected chi connectivity index (χ1v) is 10.4. The van der Waals surface area contributed by atoms with E-state index in [0.717, 1.165) is 25.7 Å². The van der Waals surface area contributed by atoms with Crippen LogP contribution in [0.15, 0.2) is 18.2 Å². The second-order valence-corrected chi connectivity index (χ2v) is 8.11. The van der Waals surface area contributed by atoms with Gasteiger partial charge in [0.05, 0.1) is 17.1 Å². The van der Waals surface area contributed by atoms with Crippen molar-refractivity contribution in [2.24, 2.45) is 5.92 Å². The summed E-state index contributed by atoms with van der Waals surface area (Å²) >= 11 is 11.7. The summed E-state index contributed by atoms with van der Waals surface area (Å²) in [4.78, 5) is 47.3. The zero-order chi connectivity index (χ0) is 22.1. The molecule has 0 aliphatic heterocycles. The number of benzene rings is 1. The Kier molecular flexibility index (Phi) is 9.39. The minimum atomic E-state index is -0.747. The molecule has 1 aliphatic rings. The monoisotopic (exact) mass is 457 g/mol. The highest BCUT2D eigenvalue weighted by atomic mass is 35.5. The lowest BCUT2D eigenvalue weighted by Crippen LogP contribution is -2.41. The van der Waals surface area contributed by atoms with Crippen LogP contribution in [0.5, 0.6) is 0 Å². The van der Waals surface area contributed by atoms with Crippen LogP contribution in [0.4, 0.5) is 0 Å². The lowest BCUT2D eigenvalue weighted by atomic mass is 9.87. The van der Waals surface area contributed by atoms with Crippen LogP contribution in [0.25, 0.3) is 0 Å². The fourth-order valence-corrected chi connectivity index (χ4v) is 3.53. The molecule has 8 nitrogen and oxygen atoms in total. The van der Waals surface area contributed by atoms with Crippen molar-refractivity contribution in [2.45, 2.75) is 38.6 Å². The van der Waals surface area contributed by atoms with E-state index in [9.17, 15) is 19.2 Å². The van der Waals surface area contributed by atoms with E-state index in [1.165, 1.54) is 18.2 Å². The lowest BCUT2D eigenvalue weighted by molar-refractivity contribution is -0.148. The molecule has 0 radical (unpaired) electrons. The van der Waals surface area contributed by atoms with E-state index in [4.69, 9.17) is 27.9 Å². The van der Waals surface area contributed by atoms with Gasteiger partial charge in [-0.25, -0.2) is 0 Å². The molecular weight excluding hydrogens is 433 g/mol. The molecule has 164 valence electrons. The number of ether oxygens (including phenoxy) is 1. The quantitative estimate of drug-likeness (QED) is 0.517. The average molecular weight is 458 g/mol. The molecule has 1 fully saturated rings. The van der Waals surface area contributed by atoms with Gasteiger partial charge in [-0.2, -0.15) is 0 Å². The molecule has 1 aromatic carbocycles. The van der Waals surface area contributed by atoms with E-state index in [2.05, 4.69) is 22.9 Å². The first-order valence-electron chi connectivity index (χ1n) is 9.69. The Morgan fingerprint density at radius 1 is 1.00 bits per heavy atom. The van der Waals surface area contributed by atoms with Gasteiger partial charge in [0.25, 0.3) is 11.8 Å². The number of nitrogens with one attached hydrogen (secondary N) is 3. The third-order valence-electron chi connectivity index (χ3n) is 4.76. The van der Waals surface area contributed by atoms with Crippen molar-refractivity contribution in [2.75, 3.05) is 19.7 Å². The lowest BCUT2D eigenvalue weighted by Gasteiger charge is -2.26. The largest absolute Gasteiger partial charge is 0.454 e. The Morgan fingerprint density at radius 2 is 1.70 bits per heavy atom. The number of hydrogen-bond acceptors (Lipinski definition) is 5. The number of carbonyl (C=O) groups is 4. The van der Waals surface area contributed by atoms with Crippen molar-refractivity contribution in [1.82, 2.24) is 16.0 Å². The highest BCUT2D eigenvalue weighted by Crippen LogP contribution is 2.23. The third-order valence-corrected chi connectivity index (χ3v) is 5.31. The number of rotatable bonds is 8. The van der Waals surface area contributed by atoms with Crippen molar-refractivity contribution in [3.05, 3.63) is 33.8 Å². The minimum Gasteiger partial charge on any atom is -0.454 e. The average Bonchev–Trinajstić information content (AvgIpc) is 2.70. The van der Waals surface area contributed by atoms with E-state index in [0.29, 0.717) is 10.9 Å². The van der Waals surface area contributed by atoms with Crippen LogP contribution in [0.1, 0.15) is 43.0 Å². The summed E-state index contributed by atoms with van der Waals surface area (Å²) in [5.74, 6) is -1.58. The Balaban J connectivity index is 1.61. The first-order chi connectivity index (χ1) is 14.2. The number of amides is 3. The van der Waals surface area contributed by atoms with Gasteiger partial charge in [0, 0.05) is 11.1 Å². The second-order valence-electron chi connectivity index (χ2n) is 7.27. The van der Waals surface area contributed by atoms with Gasteiger partial charge >= 0.3 is 5.97 Å². The molecule has 3 N–H and O–H groups in total. The van der Waals surface area contributed by atoms with E-state index >= 15 is 0 Å². The molecule has 2 rings (SSSR count). The SMILES string of the molecule is CC1CCC(NC(=O)COC(=O)CNC(=O)CNC(=O)c2ccc(Cl)cc2Cl)CC1. The van der Waals surface area contributed by atoms with Gasteiger partial charge in [-0.1, -0.05) is 30.1 Å². The van der Waals surface area contributed by atoms with Gasteiger partial charge < -0.3 is 20.7 Å². The van der Waals surface area contributed by atoms with Crippen LogP contribution in [0, 0.1) is 5.92 Å². The Bertz CT molecular complexity index is 795. The van der Waals surface area contributed by atoms with E-state index in [1.54, 1.807) is 0 Å². The van der Waals surface area contributed by atoms with Crippen LogP contribution >= 0.6 is 23.2 Å². The van der Waals surface area contributed by atoms with Crippen molar-refractivity contribution in [3.8, 4) is 0 Å². The highest BCUT2D eigenvalue weighted by molar-refractivity contribution is 6.36. The first kappa shape index (κ1) is 24.0. The number of hydrogen-bond donors (Lipinski definition) is 3. The van der Waals surface area contributed by atoms with Gasteiger partial charge in [0.15, 0.2) is 6.61 Å². The Hall–Kier alpha value is -2.32. The van der Waals surface area contributed by atoms with Gasteiger partial charge in [-0.05, 0) is 49.8 Å². The van der Waals surface area contributed by atoms with Gasteiger partial charge in [0.1, 0.15) is 6.54 Å². The normalized spacial score (nSPS) is 18.2. The molecule has 0 atom stereocenters. The van der Waals surface area contributed by atoms with Crippen molar-refractivity contribution >= 4 is 46.9 Å². The molecule has 0 heterocycles. The molecule has 10 heteroatoms. The standard InChI is InChI=1S/C20H25Cl2N3O5/c1-12-2-5-14(6-3-12)25-18(27)11-30-19(28)10-23-17(26)9-24-20(29)15-7-4-13(21)8-16(15)22/h4,7-8,12,14H,2-3,5-6,9-11H2,1H3,(H,23,26)(H,24,29)(H,25,27). The smallest absolute Gasteiger partial charge is 0.325 e. The minimum absolute atomic E-state index is 0.116. The zero-order valence-electron chi connectivity index (χ0n) is 16.6. The highest BCUT2D eigenvalue weighted by Gasteiger charge is 2.20. The van der Waals surface area contributed by atoms with E-state index in [-0.39, 0.29) is 29.1 Å². The summed E-state index contributed by atoms with van der Waals surface area (Å²) in [6.45, 7) is 1.02. The number of halogens is 2. The van der Waals surface area contributed by atoms with Crippen molar-refractivity contribution in [3.63, 3.8) is 0 Å². The van der Waals surface area contributed by atoms with Gasteiger partial charge in [0.2, 0.25) is 5.91 Å². The fraction of sp³-hybridized carbons (Fsp3) is 0.500. The summed E-state index contributed by atoms with van der Waals surface area (Å²) in [5, 5.41) is 8.08. The van der Waals surface area contributed by atoms with Crippen LogP contribution < -0.4 is 16.0 Å². The van der Waals surface area contributed by atoms with Crippen LogP contribution in [0.3, 0.4) is 0 Å².